The third-order valence-electron chi connectivity index (χ3n) is 4.22. The van der Waals surface area contributed by atoms with Gasteiger partial charge in [0.15, 0.2) is 35.8 Å². The molecule has 252 valence electrons. The van der Waals surface area contributed by atoms with Crippen LogP contribution in [0.2, 0.25) is 0 Å². The molecule has 15 N–H and O–H groups in total. The summed E-state index contributed by atoms with van der Waals surface area (Å²) in [5.74, 6) is -14.2. The third-order valence-corrected chi connectivity index (χ3v) is 4.22. The Balaban J connectivity index is -0.000000515. The topological polar surface area (TPSA) is 449 Å². The van der Waals surface area contributed by atoms with Gasteiger partial charge in [-0.25, -0.2) is 24.0 Å². The van der Waals surface area contributed by atoms with Crippen molar-refractivity contribution in [3.63, 3.8) is 0 Å². The summed E-state index contributed by atoms with van der Waals surface area (Å²) in [5, 5.41) is 126. The van der Waals surface area contributed by atoms with Gasteiger partial charge in [-0.1, -0.05) is 0 Å². The van der Waals surface area contributed by atoms with Crippen molar-refractivity contribution in [3.05, 3.63) is 11.5 Å². The Hall–Kier alpha value is -5.14. The first-order valence-electron chi connectivity index (χ1n) is 10.8. The molecule has 1 aliphatic rings. The van der Waals surface area contributed by atoms with E-state index in [0.717, 1.165) is 0 Å². The Bertz CT molecular complexity index is 1060. The van der Waals surface area contributed by atoms with Crippen LogP contribution in [0.4, 0.5) is 0 Å². The number of carbonyl (C=O) groups is 8. The highest BCUT2D eigenvalue weighted by Crippen LogP contribution is 2.21. The molecule has 0 saturated carbocycles. The average molecular weight is 652 g/mol. The molecule has 24 heteroatoms. The minimum Gasteiger partial charge on any atom is -0.505 e. The number of carboxylic acid groups (broad SMARTS) is 7. The van der Waals surface area contributed by atoms with Crippen molar-refractivity contribution in [2.24, 2.45) is 0 Å². The molecule has 0 amide bonds. The largest absolute Gasteiger partial charge is 0.505 e. The number of hydrogen-bond acceptors (Lipinski definition) is 17. The third kappa shape index (κ3) is 17.0. The minimum absolute atomic E-state index is 0.671. The van der Waals surface area contributed by atoms with Crippen molar-refractivity contribution in [3.8, 4) is 0 Å². The van der Waals surface area contributed by atoms with Gasteiger partial charge in [0.1, 0.15) is 6.10 Å². The molecular formula is C20H28O24. The average Bonchev–Trinajstić information content (AvgIpc) is 3.14. The second-order valence-electron chi connectivity index (χ2n) is 7.81. The molecule has 1 aliphatic heterocycles. The predicted molar refractivity (Wildman–Crippen MR) is 126 cm³/mol. The summed E-state index contributed by atoms with van der Waals surface area (Å²) in [6.07, 6.45) is -12.1. The SMILES string of the molecule is O=C(O)C(O)C(O)C(=O)O.O=C(O)CC(O)(CC(=O)O)C(=O)O.O=C(O)CC(O)C(=O)O.O=C1O[C@H]([C@@H](O)CO)C(O)=C1O. The fraction of sp³-hybridized carbons (Fsp3) is 0.500. The summed E-state index contributed by atoms with van der Waals surface area (Å²) in [4.78, 5) is 80.0. The molecule has 0 radical (unpaired) electrons. The summed E-state index contributed by atoms with van der Waals surface area (Å²) in [6.45, 7) is -0.671. The van der Waals surface area contributed by atoms with Gasteiger partial charge in [-0.05, 0) is 0 Å². The van der Waals surface area contributed by atoms with E-state index in [9.17, 15) is 38.4 Å². The molecule has 0 bridgehead atoms. The predicted octanol–water partition coefficient (Wildman–Crippen LogP) is -5.87. The van der Waals surface area contributed by atoms with Crippen molar-refractivity contribution >= 4 is 47.8 Å². The van der Waals surface area contributed by atoms with Gasteiger partial charge < -0.3 is 81.3 Å². The van der Waals surface area contributed by atoms with Crippen LogP contribution in [-0.2, 0) is 43.1 Å². The number of rotatable bonds is 13. The van der Waals surface area contributed by atoms with E-state index in [-0.39, 0.29) is 0 Å². The van der Waals surface area contributed by atoms with E-state index in [2.05, 4.69) is 4.74 Å². The molecule has 3 unspecified atom stereocenters. The molecule has 0 aromatic heterocycles. The highest BCUT2D eigenvalue weighted by molar-refractivity contribution is 5.89. The van der Waals surface area contributed by atoms with E-state index in [1.807, 2.05) is 0 Å². The lowest BCUT2D eigenvalue weighted by Crippen LogP contribution is -2.42. The molecule has 0 aromatic rings. The lowest BCUT2D eigenvalue weighted by Gasteiger charge is -2.18. The molecule has 44 heavy (non-hydrogen) atoms. The molecule has 1 heterocycles. The summed E-state index contributed by atoms with van der Waals surface area (Å²) in [7, 11) is 0. The summed E-state index contributed by atoms with van der Waals surface area (Å²) < 4.78 is 4.32. The normalized spacial score (nSPS) is 16.4. The zero-order valence-electron chi connectivity index (χ0n) is 21.6. The van der Waals surface area contributed by atoms with Crippen LogP contribution in [0.3, 0.4) is 0 Å². The minimum atomic E-state index is -2.74. The molecule has 5 atom stereocenters. The quantitative estimate of drug-likeness (QED) is 0.0823. The van der Waals surface area contributed by atoms with Gasteiger partial charge in [0.2, 0.25) is 5.76 Å². The molecule has 0 saturated heterocycles. The van der Waals surface area contributed by atoms with E-state index in [0.29, 0.717) is 0 Å². The van der Waals surface area contributed by atoms with E-state index < -0.39 is 121 Å². The second kappa shape index (κ2) is 19.9. The number of aliphatic hydroxyl groups excluding tert-OH is 7. The first-order valence-corrected chi connectivity index (χ1v) is 10.8. The summed E-state index contributed by atoms with van der Waals surface area (Å²) in [5.41, 5.74) is -2.74. The standard InChI is InChI=1S/C6H8O7.C6H8O6.C4H6O6.C4H6O5/c7-3(8)1-6(13,5(11)12)2-4(9)10;7-1-2(8)5-3(9)4(10)6(11)12-5;5-1(3(7)8)2(6)4(9)10;5-2(4(8)9)1-3(6)7/h13H,1-2H2,(H,7,8)(H,9,10)(H,11,12);2,5,7-10H,1H2;1-2,5-6H,(H,7,8)(H,9,10);2,5H,1H2,(H,6,7)(H,8,9)/t;2-,5+;;/m.0../s1. The zero-order valence-corrected chi connectivity index (χ0v) is 21.6. The monoisotopic (exact) mass is 652 g/mol. The fourth-order valence-corrected chi connectivity index (χ4v) is 2.06. The van der Waals surface area contributed by atoms with Crippen molar-refractivity contribution < 1.29 is 120 Å². The van der Waals surface area contributed by atoms with Gasteiger partial charge >= 0.3 is 47.8 Å². The van der Waals surface area contributed by atoms with E-state index >= 15 is 0 Å². The number of esters is 1. The van der Waals surface area contributed by atoms with Gasteiger partial charge in [0, 0.05) is 0 Å². The van der Waals surface area contributed by atoms with E-state index in [1.165, 1.54) is 0 Å². The lowest BCUT2D eigenvalue weighted by atomic mass is 9.96. The Morgan fingerprint density at radius 3 is 1.27 bits per heavy atom. The van der Waals surface area contributed by atoms with Gasteiger partial charge in [-0.2, -0.15) is 0 Å². The highest BCUT2D eigenvalue weighted by atomic mass is 16.6. The number of hydrogen-bond donors (Lipinski definition) is 15. The molecular weight excluding hydrogens is 624 g/mol. The molecule has 1 rings (SSSR count). The summed E-state index contributed by atoms with van der Waals surface area (Å²) >= 11 is 0. The smallest absolute Gasteiger partial charge is 0.377 e. The number of aliphatic carboxylic acids is 7. The summed E-state index contributed by atoms with van der Waals surface area (Å²) in [6, 6.07) is 0. The van der Waals surface area contributed by atoms with Crippen LogP contribution in [0.25, 0.3) is 0 Å². The number of cyclic esters (lactones) is 1. The van der Waals surface area contributed by atoms with Crippen LogP contribution >= 0.6 is 0 Å². The maximum Gasteiger partial charge on any atom is 0.377 e. The van der Waals surface area contributed by atoms with Crippen LogP contribution in [0.5, 0.6) is 0 Å². The molecule has 0 fully saturated rings. The number of ether oxygens (including phenoxy) is 1. The van der Waals surface area contributed by atoms with Gasteiger partial charge in [0.05, 0.1) is 25.9 Å². The second-order valence-corrected chi connectivity index (χ2v) is 7.81. The van der Waals surface area contributed by atoms with Crippen LogP contribution in [0, 0.1) is 0 Å². The molecule has 0 spiro atoms. The van der Waals surface area contributed by atoms with E-state index in [4.69, 9.17) is 76.6 Å². The molecule has 0 aliphatic carbocycles. The van der Waals surface area contributed by atoms with Gasteiger partial charge in [0.25, 0.3) is 0 Å². The van der Waals surface area contributed by atoms with E-state index in [1.54, 1.807) is 0 Å². The van der Waals surface area contributed by atoms with Crippen LogP contribution in [0.15, 0.2) is 11.5 Å². The van der Waals surface area contributed by atoms with Gasteiger partial charge in [-0.15, -0.1) is 0 Å². The lowest BCUT2D eigenvalue weighted by molar-refractivity contribution is -0.170. The van der Waals surface area contributed by atoms with Crippen LogP contribution in [-0.4, -0.2) is 167 Å². The maximum absolute atomic E-state index is 10.5. The van der Waals surface area contributed by atoms with Crippen molar-refractivity contribution in [2.75, 3.05) is 6.61 Å². The number of carboxylic acids is 7. The molecule has 0 aromatic carbocycles. The first-order chi connectivity index (χ1) is 19.9. The van der Waals surface area contributed by atoms with Crippen LogP contribution in [0.1, 0.15) is 19.3 Å². The Morgan fingerprint density at radius 1 is 0.705 bits per heavy atom. The highest BCUT2D eigenvalue weighted by Gasteiger charge is 2.41. The zero-order chi connectivity index (χ0) is 35.7. The van der Waals surface area contributed by atoms with Gasteiger partial charge in [-0.3, -0.25) is 14.4 Å². The van der Waals surface area contributed by atoms with Crippen LogP contribution < -0.4 is 0 Å². The van der Waals surface area contributed by atoms with Crippen molar-refractivity contribution in [1.29, 1.82) is 0 Å². The number of carbonyl (C=O) groups excluding carboxylic acids is 1. The Labute approximate surface area is 241 Å². The number of aliphatic hydroxyl groups is 8. The maximum atomic E-state index is 10.5. The molecule has 24 nitrogen and oxygen atoms in total. The van der Waals surface area contributed by atoms with Crippen molar-refractivity contribution in [2.45, 2.75) is 55.4 Å². The fourth-order valence-electron chi connectivity index (χ4n) is 2.06. The Kier molecular flexibility index (Phi) is 19.6. The Morgan fingerprint density at radius 2 is 1.09 bits per heavy atom. The first kappa shape index (κ1) is 43.3. The van der Waals surface area contributed by atoms with Crippen molar-refractivity contribution in [1.82, 2.24) is 0 Å².